The third-order valence-electron chi connectivity index (χ3n) is 4.23. The molecule has 21 heavy (non-hydrogen) atoms. The highest BCUT2D eigenvalue weighted by atomic mass is 16.5. The number of ketones is 1. The maximum Gasteiger partial charge on any atom is 0.299 e. The standard InChI is InChI=1S/C16H20N2O3/c1-21-12-5-6-14-13(11-12)15(19)16(20)18(14)10-4-9-17-7-2-3-8-17/h5-6,11H,2-4,7-10H2,1H3. The largest absolute Gasteiger partial charge is 0.497 e. The molecule has 1 fully saturated rings. The number of methoxy groups -OCH3 is 1. The first-order valence-electron chi connectivity index (χ1n) is 7.47. The summed E-state index contributed by atoms with van der Waals surface area (Å²) in [7, 11) is 1.55. The van der Waals surface area contributed by atoms with E-state index in [9.17, 15) is 9.59 Å². The summed E-state index contributed by atoms with van der Waals surface area (Å²) in [4.78, 5) is 28.2. The van der Waals surface area contributed by atoms with Crippen LogP contribution in [0.25, 0.3) is 0 Å². The van der Waals surface area contributed by atoms with Crippen molar-refractivity contribution in [2.45, 2.75) is 19.3 Å². The summed E-state index contributed by atoms with van der Waals surface area (Å²) in [6.07, 6.45) is 3.43. The molecule has 0 bridgehead atoms. The van der Waals surface area contributed by atoms with Gasteiger partial charge in [0.2, 0.25) is 0 Å². The van der Waals surface area contributed by atoms with Gasteiger partial charge in [0.05, 0.1) is 18.4 Å². The summed E-state index contributed by atoms with van der Waals surface area (Å²) in [6, 6.07) is 5.24. The van der Waals surface area contributed by atoms with Crippen LogP contribution in [0, 0.1) is 0 Å². The number of anilines is 1. The number of Topliss-reactive ketones (excluding diaryl/α,β-unsaturated/α-hetero) is 1. The summed E-state index contributed by atoms with van der Waals surface area (Å²) in [5.74, 6) is -0.237. The van der Waals surface area contributed by atoms with E-state index in [0.717, 1.165) is 26.1 Å². The number of likely N-dealkylation sites (tertiary alicyclic amines) is 1. The summed E-state index contributed by atoms with van der Waals surface area (Å²) in [6.45, 7) is 3.89. The van der Waals surface area contributed by atoms with Crippen LogP contribution in [0.3, 0.4) is 0 Å². The Labute approximate surface area is 124 Å². The van der Waals surface area contributed by atoms with Crippen LogP contribution in [0.5, 0.6) is 5.75 Å². The van der Waals surface area contributed by atoms with Crippen LogP contribution in [-0.2, 0) is 4.79 Å². The van der Waals surface area contributed by atoms with Crippen molar-refractivity contribution in [1.29, 1.82) is 0 Å². The van der Waals surface area contributed by atoms with E-state index in [1.54, 1.807) is 30.2 Å². The predicted octanol–water partition coefficient (Wildman–Crippen LogP) is 1.71. The Kier molecular flexibility index (Phi) is 3.92. The summed E-state index contributed by atoms with van der Waals surface area (Å²) in [5, 5.41) is 0. The van der Waals surface area contributed by atoms with Gasteiger partial charge in [0.25, 0.3) is 11.7 Å². The smallest absolute Gasteiger partial charge is 0.299 e. The van der Waals surface area contributed by atoms with Crippen molar-refractivity contribution in [2.24, 2.45) is 0 Å². The van der Waals surface area contributed by atoms with Gasteiger partial charge in [0.1, 0.15) is 5.75 Å². The van der Waals surface area contributed by atoms with Crippen LogP contribution in [0.1, 0.15) is 29.6 Å². The number of hydrogen-bond acceptors (Lipinski definition) is 4. The lowest BCUT2D eigenvalue weighted by Gasteiger charge is -2.19. The van der Waals surface area contributed by atoms with Crippen LogP contribution >= 0.6 is 0 Å². The fourth-order valence-electron chi connectivity index (χ4n) is 3.09. The highest BCUT2D eigenvalue weighted by Crippen LogP contribution is 2.32. The third kappa shape index (κ3) is 2.65. The number of fused-ring (bicyclic) bond motifs is 1. The lowest BCUT2D eigenvalue weighted by atomic mass is 10.1. The fourth-order valence-corrected chi connectivity index (χ4v) is 3.09. The average molecular weight is 288 g/mol. The van der Waals surface area contributed by atoms with E-state index in [1.807, 2.05) is 0 Å². The van der Waals surface area contributed by atoms with Gasteiger partial charge in [-0.2, -0.15) is 0 Å². The second kappa shape index (κ2) is 5.85. The molecule has 2 heterocycles. The van der Waals surface area contributed by atoms with E-state index >= 15 is 0 Å². The lowest BCUT2D eigenvalue weighted by molar-refractivity contribution is -0.114. The molecule has 1 aromatic rings. The number of carbonyl (C=O) groups is 2. The average Bonchev–Trinajstić information content (AvgIpc) is 3.10. The molecule has 0 radical (unpaired) electrons. The number of amides is 1. The van der Waals surface area contributed by atoms with Gasteiger partial charge in [-0.05, 0) is 57.1 Å². The van der Waals surface area contributed by atoms with Gasteiger partial charge in [-0.1, -0.05) is 0 Å². The number of rotatable bonds is 5. The molecule has 0 aromatic heterocycles. The highest BCUT2D eigenvalue weighted by Gasteiger charge is 2.35. The number of hydrogen-bond donors (Lipinski definition) is 0. The molecule has 0 atom stereocenters. The molecule has 0 aliphatic carbocycles. The monoisotopic (exact) mass is 288 g/mol. The van der Waals surface area contributed by atoms with Crippen LogP contribution in [-0.4, -0.2) is 49.9 Å². The molecular formula is C16H20N2O3. The molecule has 112 valence electrons. The fraction of sp³-hybridized carbons (Fsp3) is 0.500. The Morgan fingerprint density at radius 3 is 2.62 bits per heavy atom. The van der Waals surface area contributed by atoms with E-state index in [4.69, 9.17) is 4.74 Å². The maximum absolute atomic E-state index is 12.1. The van der Waals surface area contributed by atoms with Gasteiger partial charge in [-0.15, -0.1) is 0 Å². The minimum Gasteiger partial charge on any atom is -0.497 e. The first-order chi connectivity index (χ1) is 10.2. The first-order valence-corrected chi connectivity index (χ1v) is 7.47. The molecule has 1 aromatic carbocycles. The normalized spacial score (nSPS) is 18.4. The molecule has 5 heteroatoms. The van der Waals surface area contributed by atoms with Crippen molar-refractivity contribution in [2.75, 3.05) is 38.2 Å². The molecule has 1 amide bonds. The number of nitrogens with zero attached hydrogens (tertiary/aromatic N) is 2. The minimum atomic E-state index is -0.426. The van der Waals surface area contributed by atoms with Gasteiger partial charge in [-0.3, -0.25) is 9.59 Å². The Morgan fingerprint density at radius 2 is 1.90 bits per heavy atom. The molecule has 2 aliphatic rings. The molecule has 0 saturated carbocycles. The molecule has 0 spiro atoms. The van der Waals surface area contributed by atoms with Crippen LogP contribution in [0.2, 0.25) is 0 Å². The van der Waals surface area contributed by atoms with E-state index in [1.165, 1.54) is 12.8 Å². The van der Waals surface area contributed by atoms with Crippen molar-refractivity contribution in [3.63, 3.8) is 0 Å². The Morgan fingerprint density at radius 1 is 1.14 bits per heavy atom. The molecule has 3 rings (SSSR count). The van der Waals surface area contributed by atoms with Gasteiger partial charge >= 0.3 is 0 Å². The van der Waals surface area contributed by atoms with Crippen molar-refractivity contribution in [3.8, 4) is 5.75 Å². The molecule has 5 nitrogen and oxygen atoms in total. The quantitative estimate of drug-likeness (QED) is 0.774. The van der Waals surface area contributed by atoms with Crippen molar-refractivity contribution < 1.29 is 14.3 Å². The van der Waals surface area contributed by atoms with Crippen LogP contribution in [0.4, 0.5) is 5.69 Å². The summed E-state index contributed by atoms with van der Waals surface area (Å²) in [5.41, 5.74) is 1.17. The van der Waals surface area contributed by atoms with Crippen molar-refractivity contribution >= 4 is 17.4 Å². The van der Waals surface area contributed by atoms with Crippen LogP contribution in [0.15, 0.2) is 18.2 Å². The summed E-state index contributed by atoms with van der Waals surface area (Å²) < 4.78 is 5.12. The number of carbonyl (C=O) groups excluding carboxylic acids is 2. The summed E-state index contributed by atoms with van der Waals surface area (Å²) >= 11 is 0. The lowest BCUT2D eigenvalue weighted by Crippen LogP contribution is -2.33. The first kappa shape index (κ1) is 14.1. The topological polar surface area (TPSA) is 49.9 Å². The SMILES string of the molecule is COc1ccc2c(c1)C(=O)C(=O)N2CCCN1CCCC1. The molecule has 1 saturated heterocycles. The van der Waals surface area contributed by atoms with E-state index < -0.39 is 11.7 Å². The zero-order valence-corrected chi connectivity index (χ0v) is 12.3. The highest BCUT2D eigenvalue weighted by molar-refractivity contribution is 6.52. The van der Waals surface area contributed by atoms with Crippen LogP contribution < -0.4 is 9.64 Å². The number of ether oxygens (including phenoxy) is 1. The molecule has 0 N–H and O–H groups in total. The zero-order valence-electron chi connectivity index (χ0n) is 12.3. The minimum absolute atomic E-state index is 0.417. The Bertz CT molecular complexity index is 565. The van der Waals surface area contributed by atoms with Gasteiger partial charge in [-0.25, -0.2) is 0 Å². The predicted molar refractivity (Wildman–Crippen MR) is 80.0 cm³/mol. The molecule has 0 unspecified atom stereocenters. The van der Waals surface area contributed by atoms with Crippen molar-refractivity contribution in [3.05, 3.63) is 23.8 Å². The van der Waals surface area contributed by atoms with Gasteiger partial charge in [0, 0.05) is 6.54 Å². The molecular weight excluding hydrogens is 268 g/mol. The number of benzene rings is 1. The maximum atomic E-state index is 12.1. The van der Waals surface area contributed by atoms with Gasteiger partial charge < -0.3 is 14.5 Å². The second-order valence-corrected chi connectivity index (χ2v) is 5.57. The van der Waals surface area contributed by atoms with E-state index in [-0.39, 0.29) is 0 Å². The third-order valence-corrected chi connectivity index (χ3v) is 4.23. The van der Waals surface area contributed by atoms with Gasteiger partial charge in [0.15, 0.2) is 0 Å². The Hall–Kier alpha value is -1.88. The zero-order chi connectivity index (χ0) is 14.8. The Balaban J connectivity index is 1.68. The van der Waals surface area contributed by atoms with Crippen molar-refractivity contribution in [1.82, 2.24) is 4.90 Å². The second-order valence-electron chi connectivity index (χ2n) is 5.57. The molecule has 2 aliphatic heterocycles. The van der Waals surface area contributed by atoms with E-state index in [0.29, 0.717) is 23.5 Å². The van der Waals surface area contributed by atoms with E-state index in [2.05, 4.69) is 4.90 Å².